The van der Waals surface area contributed by atoms with E-state index in [9.17, 15) is 9.18 Å². The number of nitrogens with one attached hydrogen (secondary N) is 1. The van der Waals surface area contributed by atoms with E-state index in [0.717, 1.165) is 16.8 Å². The number of amides is 1. The molecular weight excluding hydrogens is 552 g/mol. The van der Waals surface area contributed by atoms with Crippen LogP contribution < -0.4 is 5.32 Å². The fourth-order valence-corrected chi connectivity index (χ4v) is 5.70. The van der Waals surface area contributed by atoms with Crippen molar-refractivity contribution in [1.29, 1.82) is 0 Å². The van der Waals surface area contributed by atoms with Gasteiger partial charge in [0, 0.05) is 16.0 Å². The van der Waals surface area contributed by atoms with Crippen LogP contribution in [0.15, 0.2) is 77.3 Å². The van der Waals surface area contributed by atoms with Gasteiger partial charge in [0.25, 0.3) is 5.91 Å². The van der Waals surface area contributed by atoms with Gasteiger partial charge in [0.05, 0.1) is 22.2 Å². The van der Waals surface area contributed by atoms with E-state index in [1.54, 1.807) is 23.6 Å². The van der Waals surface area contributed by atoms with Gasteiger partial charge in [-0.2, -0.15) is 0 Å². The molecule has 0 spiro atoms. The number of nitrogens with zero attached hydrogens (tertiary/aromatic N) is 4. The molecule has 11 heteroatoms. The van der Waals surface area contributed by atoms with Crippen molar-refractivity contribution >= 4 is 57.9 Å². The van der Waals surface area contributed by atoms with E-state index >= 15 is 0 Å². The number of carbonyl (C=O) groups is 1. The molecule has 0 saturated carbocycles. The molecule has 1 amide bonds. The first-order valence-corrected chi connectivity index (χ1v) is 13.6. The Hall–Kier alpha value is -3.24. The molecule has 1 N–H and O–H groups in total. The molecule has 6 nitrogen and oxygen atoms in total. The van der Waals surface area contributed by atoms with Crippen LogP contribution in [0.4, 0.5) is 10.1 Å². The van der Waals surface area contributed by atoms with Crippen molar-refractivity contribution in [3.05, 3.63) is 104 Å². The normalized spacial score (nSPS) is 11.0. The third kappa shape index (κ3) is 5.55. The highest BCUT2D eigenvalue weighted by atomic mass is 35.5. The summed E-state index contributed by atoms with van der Waals surface area (Å²) in [4.78, 5) is 17.0. The first kappa shape index (κ1) is 25.4. The Balaban J connectivity index is 1.42. The lowest BCUT2D eigenvalue weighted by atomic mass is 10.1. The minimum Gasteiger partial charge on any atom is -0.318 e. The average Bonchev–Trinajstić information content (AvgIpc) is 3.53. The summed E-state index contributed by atoms with van der Waals surface area (Å²) in [6.07, 6.45) is 0. The number of thioether (sulfide) groups is 1. The van der Waals surface area contributed by atoms with Crippen LogP contribution in [-0.4, -0.2) is 25.7 Å². The number of hydrogen-bond acceptors (Lipinski definition) is 6. The molecule has 186 valence electrons. The van der Waals surface area contributed by atoms with Crippen molar-refractivity contribution in [1.82, 2.24) is 19.7 Å². The zero-order valence-corrected chi connectivity index (χ0v) is 22.4. The molecule has 5 aromatic rings. The van der Waals surface area contributed by atoms with Gasteiger partial charge in [0.15, 0.2) is 11.0 Å². The number of thiazole rings is 1. The first-order valence-electron chi connectivity index (χ1n) is 11.0. The zero-order valence-electron chi connectivity index (χ0n) is 19.3. The van der Waals surface area contributed by atoms with E-state index < -0.39 is 11.7 Å². The van der Waals surface area contributed by atoms with Crippen molar-refractivity contribution in [2.75, 3.05) is 5.32 Å². The molecule has 37 heavy (non-hydrogen) atoms. The predicted octanol–water partition coefficient (Wildman–Crippen LogP) is 7.69. The van der Waals surface area contributed by atoms with Crippen LogP contribution in [0.2, 0.25) is 10.0 Å². The van der Waals surface area contributed by atoms with Crippen molar-refractivity contribution < 1.29 is 9.18 Å². The molecule has 3 aromatic carbocycles. The topological polar surface area (TPSA) is 72.7 Å². The van der Waals surface area contributed by atoms with E-state index in [0.29, 0.717) is 31.8 Å². The van der Waals surface area contributed by atoms with Crippen LogP contribution in [0.5, 0.6) is 0 Å². The standard InChI is InChI=1S/C26H18Cl2FN5OS2/c1-15-10-11-16(27)12-22(15)34-24(17-6-2-3-7-18(17)28)32-33-26(34)37-14-23-30-21(13-36-23)25(35)31-20-9-5-4-8-19(20)29/h2-13H,14H2,1H3,(H,31,35). The second-order valence-corrected chi connectivity index (χ2v) is 10.6. The summed E-state index contributed by atoms with van der Waals surface area (Å²) in [6, 6.07) is 19.1. The van der Waals surface area contributed by atoms with Gasteiger partial charge in [-0.25, -0.2) is 9.37 Å². The molecule has 0 fully saturated rings. The summed E-state index contributed by atoms with van der Waals surface area (Å²) in [5.41, 5.74) is 2.88. The Labute approximate surface area is 230 Å². The summed E-state index contributed by atoms with van der Waals surface area (Å²) in [5.74, 6) is 0.0449. The summed E-state index contributed by atoms with van der Waals surface area (Å²) in [6.45, 7) is 1.98. The molecule has 5 rings (SSSR count). The maximum absolute atomic E-state index is 13.9. The molecule has 0 radical (unpaired) electrons. The Morgan fingerprint density at radius 2 is 1.86 bits per heavy atom. The number of rotatable bonds is 7. The molecule has 2 aromatic heterocycles. The Morgan fingerprint density at radius 3 is 2.68 bits per heavy atom. The van der Waals surface area contributed by atoms with Gasteiger partial charge >= 0.3 is 0 Å². The Morgan fingerprint density at radius 1 is 1.08 bits per heavy atom. The van der Waals surface area contributed by atoms with Crippen LogP contribution in [0, 0.1) is 12.7 Å². The van der Waals surface area contributed by atoms with Gasteiger partial charge in [-0.1, -0.05) is 65.3 Å². The lowest BCUT2D eigenvalue weighted by molar-refractivity contribution is 0.102. The van der Waals surface area contributed by atoms with Crippen LogP contribution in [-0.2, 0) is 5.75 Å². The highest BCUT2D eigenvalue weighted by Gasteiger charge is 2.20. The van der Waals surface area contributed by atoms with E-state index in [2.05, 4.69) is 20.5 Å². The molecule has 0 saturated heterocycles. The molecular formula is C26H18Cl2FN5OS2. The smallest absolute Gasteiger partial charge is 0.275 e. The summed E-state index contributed by atoms with van der Waals surface area (Å²) in [5, 5.41) is 15.5. The van der Waals surface area contributed by atoms with Crippen LogP contribution >= 0.6 is 46.3 Å². The van der Waals surface area contributed by atoms with Crippen molar-refractivity contribution in [2.45, 2.75) is 17.8 Å². The lowest BCUT2D eigenvalue weighted by Gasteiger charge is -2.14. The second kappa shape index (κ2) is 11.0. The summed E-state index contributed by atoms with van der Waals surface area (Å²) >= 11 is 15.6. The molecule has 2 heterocycles. The molecule has 0 aliphatic rings. The number of benzene rings is 3. The minimum atomic E-state index is -0.508. The maximum atomic E-state index is 13.9. The van der Waals surface area contributed by atoms with Crippen molar-refractivity contribution in [2.24, 2.45) is 0 Å². The number of aryl methyl sites for hydroxylation is 1. The molecule has 0 aliphatic carbocycles. The van der Waals surface area contributed by atoms with E-state index in [1.165, 1.54) is 35.2 Å². The summed E-state index contributed by atoms with van der Waals surface area (Å²) in [7, 11) is 0. The first-order chi connectivity index (χ1) is 17.9. The van der Waals surface area contributed by atoms with Gasteiger partial charge < -0.3 is 5.32 Å². The minimum absolute atomic E-state index is 0.105. The second-order valence-electron chi connectivity index (χ2n) is 7.90. The highest BCUT2D eigenvalue weighted by Crippen LogP contribution is 2.35. The third-order valence-corrected chi connectivity index (χ3v) is 7.93. The number of anilines is 1. The molecule has 0 atom stereocenters. The Bertz CT molecular complexity index is 1600. The van der Waals surface area contributed by atoms with Crippen LogP contribution in [0.1, 0.15) is 21.1 Å². The number of halogens is 3. The largest absolute Gasteiger partial charge is 0.318 e. The number of carbonyl (C=O) groups excluding carboxylic acids is 1. The van der Waals surface area contributed by atoms with Gasteiger partial charge in [-0.3, -0.25) is 9.36 Å². The van der Waals surface area contributed by atoms with Crippen molar-refractivity contribution in [3.8, 4) is 17.1 Å². The average molecular weight is 571 g/mol. The van der Waals surface area contributed by atoms with Crippen LogP contribution in [0.3, 0.4) is 0 Å². The lowest BCUT2D eigenvalue weighted by Crippen LogP contribution is -2.13. The number of para-hydroxylation sites is 1. The van der Waals surface area contributed by atoms with Gasteiger partial charge in [-0.15, -0.1) is 21.5 Å². The van der Waals surface area contributed by atoms with Crippen molar-refractivity contribution in [3.63, 3.8) is 0 Å². The SMILES string of the molecule is Cc1ccc(Cl)cc1-n1c(SCc2nc(C(=O)Nc3ccccc3F)cs2)nnc1-c1ccccc1Cl. The molecule has 0 aliphatic heterocycles. The maximum Gasteiger partial charge on any atom is 0.275 e. The predicted molar refractivity (Wildman–Crippen MR) is 148 cm³/mol. The number of aromatic nitrogens is 4. The molecule has 0 bridgehead atoms. The van der Waals surface area contributed by atoms with Crippen LogP contribution in [0.25, 0.3) is 17.1 Å². The fourth-order valence-electron chi connectivity index (χ4n) is 3.58. The van der Waals surface area contributed by atoms with Gasteiger partial charge in [0.2, 0.25) is 0 Å². The highest BCUT2D eigenvalue weighted by molar-refractivity contribution is 7.98. The monoisotopic (exact) mass is 569 g/mol. The quantitative estimate of drug-likeness (QED) is 0.203. The van der Waals surface area contributed by atoms with E-state index in [-0.39, 0.29) is 11.4 Å². The third-order valence-electron chi connectivity index (χ3n) is 5.39. The number of hydrogen-bond donors (Lipinski definition) is 1. The Kier molecular flexibility index (Phi) is 7.57. The van der Waals surface area contributed by atoms with Gasteiger partial charge in [0.1, 0.15) is 16.5 Å². The fraction of sp³-hybridized carbons (Fsp3) is 0.0769. The molecule has 0 unspecified atom stereocenters. The van der Waals surface area contributed by atoms with E-state index in [1.807, 2.05) is 47.9 Å². The zero-order chi connectivity index (χ0) is 25.9. The van der Waals surface area contributed by atoms with Gasteiger partial charge in [-0.05, 0) is 48.9 Å². The van der Waals surface area contributed by atoms with E-state index in [4.69, 9.17) is 23.2 Å². The summed E-state index contributed by atoms with van der Waals surface area (Å²) < 4.78 is 15.8.